The zero-order chi connectivity index (χ0) is 14.9. The summed E-state index contributed by atoms with van der Waals surface area (Å²) in [7, 11) is 1.43. The minimum Gasteiger partial charge on any atom is -0.504 e. The summed E-state index contributed by atoms with van der Waals surface area (Å²) in [6.45, 7) is 1.35. The maximum Gasteiger partial charge on any atom is 0.327 e. The van der Waals surface area contributed by atoms with Crippen molar-refractivity contribution in [3.63, 3.8) is 0 Å². The minimum atomic E-state index is -1.01. The number of phenols is 1. The molecule has 2 rings (SSSR count). The van der Waals surface area contributed by atoms with Crippen LogP contribution in [0.25, 0.3) is 0 Å². The number of aromatic hydroxyl groups is 1. The number of carbonyl (C=O) groups excluding carboxylic acids is 1. The van der Waals surface area contributed by atoms with Gasteiger partial charge in [0.05, 0.1) is 7.11 Å². The van der Waals surface area contributed by atoms with Crippen LogP contribution in [0.5, 0.6) is 11.5 Å². The molecule has 7 heteroatoms. The Morgan fingerprint density at radius 1 is 1.45 bits per heavy atom. The molecule has 0 aromatic heterocycles. The number of aliphatic carboxylic acids is 1. The van der Waals surface area contributed by atoms with E-state index < -0.39 is 12.0 Å². The van der Waals surface area contributed by atoms with Gasteiger partial charge in [-0.05, 0) is 17.7 Å². The van der Waals surface area contributed by atoms with Crippen LogP contribution in [0.15, 0.2) is 18.2 Å². The molecule has 6 nitrogen and oxygen atoms in total. The van der Waals surface area contributed by atoms with Gasteiger partial charge in [-0.15, -0.1) is 11.8 Å². The summed E-state index contributed by atoms with van der Waals surface area (Å²) in [4.78, 5) is 24.3. The van der Waals surface area contributed by atoms with E-state index in [-0.39, 0.29) is 17.0 Å². The lowest BCUT2D eigenvalue weighted by atomic mass is 10.1. The maximum absolute atomic E-state index is 11.7. The Kier molecular flexibility index (Phi) is 4.08. The van der Waals surface area contributed by atoms with Gasteiger partial charge in [-0.1, -0.05) is 6.07 Å². The molecule has 2 N–H and O–H groups in total. The number of thioether (sulfide) groups is 1. The highest BCUT2D eigenvalue weighted by molar-refractivity contribution is 7.99. The molecular formula is C13H15NO5S. The van der Waals surface area contributed by atoms with Gasteiger partial charge in [-0.2, -0.15) is 0 Å². The smallest absolute Gasteiger partial charge is 0.327 e. The van der Waals surface area contributed by atoms with Crippen LogP contribution < -0.4 is 4.74 Å². The van der Waals surface area contributed by atoms with Crippen LogP contribution in [0.1, 0.15) is 17.9 Å². The van der Waals surface area contributed by atoms with Crippen molar-refractivity contribution in [3.8, 4) is 11.5 Å². The van der Waals surface area contributed by atoms with Crippen molar-refractivity contribution in [1.82, 2.24) is 4.90 Å². The van der Waals surface area contributed by atoms with E-state index in [1.54, 1.807) is 12.1 Å². The fraction of sp³-hybridized carbons (Fsp3) is 0.385. The predicted octanol–water partition coefficient (Wildman–Crippen LogP) is 1.45. The molecular weight excluding hydrogens is 282 g/mol. The molecule has 2 atom stereocenters. The molecule has 0 saturated carbocycles. The standard InChI is InChI=1S/C13H15NO5S/c1-7(15)14-9(13(17)18)6-20-12(14)8-3-4-10(16)11(5-8)19-2/h3-5,9,12,16H,6H2,1-2H3,(H,17,18). The van der Waals surface area contributed by atoms with Gasteiger partial charge in [0.2, 0.25) is 5.91 Å². The number of benzene rings is 1. The summed E-state index contributed by atoms with van der Waals surface area (Å²) in [5.74, 6) is -0.669. The van der Waals surface area contributed by atoms with E-state index >= 15 is 0 Å². The summed E-state index contributed by atoms with van der Waals surface area (Å²) < 4.78 is 5.04. The first-order valence-corrected chi connectivity index (χ1v) is 7.00. The van der Waals surface area contributed by atoms with Gasteiger partial charge in [0.25, 0.3) is 0 Å². The third-order valence-electron chi connectivity index (χ3n) is 3.14. The van der Waals surface area contributed by atoms with Crippen molar-refractivity contribution < 1.29 is 24.5 Å². The SMILES string of the molecule is COc1cc(C2SCC(C(=O)O)N2C(C)=O)ccc1O. The molecule has 0 aliphatic carbocycles. The molecule has 1 fully saturated rings. The highest BCUT2D eigenvalue weighted by Crippen LogP contribution is 2.43. The summed E-state index contributed by atoms with van der Waals surface area (Å²) in [5.41, 5.74) is 0.726. The second kappa shape index (κ2) is 5.62. The molecule has 1 saturated heterocycles. The first-order chi connectivity index (χ1) is 9.45. The lowest BCUT2D eigenvalue weighted by Crippen LogP contribution is -2.41. The van der Waals surface area contributed by atoms with Crippen molar-refractivity contribution in [1.29, 1.82) is 0 Å². The fourth-order valence-electron chi connectivity index (χ4n) is 2.19. The molecule has 2 unspecified atom stereocenters. The number of methoxy groups -OCH3 is 1. The van der Waals surface area contributed by atoms with E-state index in [4.69, 9.17) is 4.74 Å². The number of amides is 1. The first kappa shape index (κ1) is 14.5. The molecule has 108 valence electrons. The summed E-state index contributed by atoms with van der Waals surface area (Å²) in [6, 6.07) is 3.92. The largest absolute Gasteiger partial charge is 0.504 e. The second-order valence-electron chi connectivity index (χ2n) is 4.40. The first-order valence-electron chi connectivity index (χ1n) is 5.96. The van der Waals surface area contributed by atoms with E-state index in [0.717, 1.165) is 5.56 Å². The Bertz CT molecular complexity index is 548. The van der Waals surface area contributed by atoms with Crippen LogP contribution in [-0.2, 0) is 9.59 Å². The number of nitrogens with zero attached hydrogens (tertiary/aromatic N) is 1. The van der Waals surface area contributed by atoms with E-state index in [1.165, 1.54) is 36.8 Å². The summed E-state index contributed by atoms with van der Waals surface area (Å²) >= 11 is 1.38. The quantitative estimate of drug-likeness (QED) is 0.878. The molecule has 0 bridgehead atoms. The number of carboxylic acid groups (broad SMARTS) is 1. The van der Waals surface area contributed by atoms with Gasteiger partial charge in [0.1, 0.15) is 11.4 Å². The molecule has 1 amide bonds. The third-order valence-corrected chi connectivity index (χ3v) is 4.46. The topological polar surface area (TPSA) is 87.1 Å². The van der Waals surface area contributed by atoms with Gasteiger partial charge >= 0.3 is 5.97 Å². The number of hydrogen-bond donors (Lipinski definition) is 2. The zero-order valence-corrected chi connectivity index (χ0v) is 11.9. The van der Waals surface area contributed by atoms with Gasteiger partial charge in [-0.3, -0.25) is 4.79 Å². The Balaban J connectivity index is 2.36. The van der Waals surface area contributed by atoms with Crippen LogP contribution in [0.4, 0.5) is 0 Å². The van der Waals surface area contributed by atoms with Crippen molar-refractivity contribution >= 4 is 23.6 Å². The summed E-state index contributed by atoms with van der Waals surface area (Å²) in [6.07, 6.45) is 0. The predicted molar refractivity (Wildman–Crippen MR) is 73.8 cm³/mol. The van der Waals surface area contributed by atoms with E-state index in [0.29, 0.717) is 11.5 Å². The van der Waals surface area contributed by atoms with Crippen molar-refractivity contribution in [2.45, 2.75) is 18.3 Å². The molecule has 1 aliphatic heterocycles. The molecule has 1 aromatic carbocycles. The van der Waals surface area contributed by atoms with E-state index in [9.17, 15) is 19.8 Å². The monoisotopic (exact) mass is 297 g/mol. The van der Waals surface area contributed by atoms with E-state index in [2.05, 4.69) is 0 Å². The number of rotatable bonds is 3. The Morgan fingerprint density at radius 3 is 2.70 bits per heavy atom. The van der Waals surface area contributed by atoms with Crippen LogP contribution in [0.2, 0.25) is 0 Å². The number of phenolic OH excluding ortho intramolecular Hbond substituents is 1. The van der Waals surface area contributed by atoms with Gasteiger partial charge in [0, 0.05) is 12.7 Å². The summed E-state index contributed by atoms with van der Waals surface area (Å²) in [5, 5.41) is 18.4. The molecule has 20 heavy (non-hydrogen) atoms. The molecule has 1 aromatic rings. The van der Waals surface area contributed by atoms with Gasteiger partial charge in [-0.25, -0.2) is 4.79 Å². The van der Waals surface area contributed by atoms with Crippen LogP contribution in [0, 0.1) is 0 Å². The lowest BCUT2D eigenvalue weighted by Gasteiger charge is -2.26. The lowest BCUT2D eigenvalue weighted by molar-refractivity contribution is -0.148. The van der Waals surface area contributed by atoms with Gasteiger partial charge < -0.3 is 19.8 Å². The van der Waals surface area contributed by atoms with E-state index in [1.807, 2.05) is 0 Å². The average molecular weight is 297 g/mol. The molecule has 1 heterocycles. The third kappa shape index (κ3) is 2.53. The Hall–Kier alpha value is -1.89. The maximum atomic E-state index is 11.7. The minimum absolute atomic E-state index is 0.00315. The fourth-order valence-corrected chi connectivity index (χ4v) is 3.65. The van der Waals surface area contributed by atoms with Gasteiger partial charge in [0.15, 0.2) is 11.5 Å². The Labute approximate surface area is 120 Å². The number of hydrogen-bond acceptors (Lipinski definition) is 5. The zero-order valence-electron chi connectivity index (χ0n) is 11.1. The molecule has 1 aliphatic rings. The number of carboxylic acids is 1. The normalized spacial score (nSPS) is 21.8. The van der Waals surface area contributed by atoms with Crippen LogP contribution >= 0.6 is 11.8 Å². The van der Waals surface area contributed by atoms with Crippen molar-refractivity contribution in [2.24, 2.45) is 0 Å². The number of ether oxygens (including phenoxy) is 1. The molecule has 0 radical (unpaired) electrons. The molecule has 0 spiro atoms. The Morgan fingerprint density at radius 2 is 2.15 bits per heavy atom. The van der Waals surface area contributed by atoms with Crippen LogP contribution in [0.3, 0.4) is 0 Å². The highest BCUT2D eigenvalue weighted by atomic mass is 32.2. The average Bonchev–Trinajstić information content (AvgIpc) is 2.84. The van der Waals surface area contributed by atoms with Crippen LogP contribution in [-0.4, -0.2) is 45.9 Å². The number of carbonyl (C=O) groups is 2. The van der Waals surface area contributed by atoms with Crippen molar-refractivity contribution in [2.75, 3.05) is 12.9 Å². The highest BCUT2D eigenvalue weighted by Gasteiger charge is 2.41. The second-order valence-corrected chi connectivity index (χ2v) is 5.51. The van der Waals surface area contributed by atoms with Crippen molar-refractivity contribution in [3.05, 3.63) is 23.8 Å².